The van der Waals surface area contributed by atoms with Crippen LogP contribution in [0, 0.1) is 33.6 Å². The monoisotopic (exact) mass is 442 g/mol. The molecule has 1 N–H and O–H groups in total. The molecule has 0 bridgehead atoms. The number of hydrogen-bond acceptors (Lipinski definition) is 3. The van der Waals surface area contributed by atoms with Crippen molar-refractivity contribution in [3.05, 3.63) is 58.1 Å². The number of nitrogens with one attached hydrogen (secondary N) is 1. The molecule has 1 heterocycles. The summed E-state index contributed by atoms with van der Waals surface area (Å²) in [5.41, 5.74) is 5.53. The molecule has 1 saturated heterocycles. The van der Waals surface area contributed by atoms with Gasteiger partial charge in [-0.15, -0.1) is 0 Å². The smallest absolute Gasteiger partial charge is 0.243 e. The highest BCUT2D eigenvalue weighted by Gasteiger charge is 2.35. The zero-order chi connectivity index (χ0) is 22.9. The lowest BCUT2D eigenvalue weighted by molar-refractivity contribution is -0.120. The summed E-state index contributed by atoms with van der Waals surface area (Å²) >= 11 is 0. The van der Waals surface area contributed by atoms with E-state index in [-0.39, 0.29) is 24.3 Å². The molecule has 168 valence electrons. The van der Waals surface area contributed by atoms with Crippen molar-refractivity contribution in [2.75, 3.05) is 18.4 Å². The van der Waals surface area contributed by atoms with Crippen molar-refractivity contribution in [3.8, 4) is 0 Å². The molecule has 1 atom stereocenters. The number of piperidine rings is 1. The number of nitrogens with zero attached hydrogens (tertiary/aromatic N) is 1. The molecule has 3 rings (SSSR count). The minimum absolute atomic E-state index is 0.103. The molecule has 6 heteroatoms. The van der Waals surface area contributed by atoms with Crippen molar-refractivity contribution in [2.24, 2.45) is 5.92 Å². The van der Waals surface area contributed by atoms with E-state index in [1.54, 1.807) is 0 Å². The number of aryl methyl sites for hydroxylation is 4. The minimum atomic E-state index is -3.66. The summed E-state index contributed by atoms with van der Waals surface area (Å²) in [5, 5.41) is 3.11. The Balaban J connectivity index is 1.84. The first-order valence-corrected chi connectivity index (χ1v) is 12.4. The number of hydrogen-bond donors (Lipinski definition) is 1. The molecule has 31 heavy (non-hydrogen) atoms. The largest absolute Gasteiger partial charge is 0.325 e. The Bertz CT molecular complexity index is 1070. The van der Waals surface area contributed by atoms with Gasteiger partial charge in [0, 0.05) is 18.8 Å². The van der Waals surface area contributed by atoms with Crippen LogP contribution in [0.2, 0.25) is 0 Å². The second-order valence-corrected chi connectivity index (χ2v) is 11.0. The Labute approximate surface area is 186 Å². The Hall–Kier alpha value is -2.18. The van der Waals surface area contributed by atoms with Gasteiger partial charge in [0.15, 0.2) is 0 Å². The number of benzene rings is 2. The zero-order valence-corrected chi connectivity index (χ0v) is 20.3. The molecule has 2 aromatic carbocycles. The van der Waals surface area contributed by atoms with Crippen molar-refractivity contribution in [3.63, 3.8) is 0 Å². The normalized spacial score (nSPS) is 17.7. The molecule has 0 radical (unpaired) electrons. The summed E-state index contributed by atoms with van der Waals surface area (Å²) in [6.07, 6.45) is 1.36. The van der Waals surface area contributed by atoms with Gasteiger partial charge in [-0.05, 0) is 68.7 Å². The summed E-state index contributed by atoms with van der Waals surface area (Å²) in [4.78, 5) is 13.5. The molecule has 1 aliphatic heterocycles. The Morgan fingerprint density at radius 2 is 1.71 bits per heavy atom. The van der Waals surface area contributed by atoms with Crippen molar-refractivity contribution in [1.82, 2.24) is 4.31 Å². The molecule has 1 aliphatic rings. The standard InChI is InChI=1S/C25H34N2O3S/c1-16(2)22-11-7-9-18(4)23(22)26-25(28)21-10-8-12-27(15-21)31(29,30)24-19(5)13-17(3)14-20(24)6/h7,9,11,13-14,16,21H,8,10,12,15H2,1-6H3,(H,26,28)/t21-/m1/s1. The SMILES string of the molecule is Cc1cc(C)c(S(=O)(=O)N2CCC[C@@H](C(=O)Nc3c(C)cccc3C(C)C)C2)c(C)c1. The highest BCUT2D eigenvalue weighted by Crippen LogP contribution is 2.31. The Morgan fingerprint density at radius 1 is 1.06 bits per heavy atom. The summed E-state index contributed by atoms with van der Waals surface area (Å²) in [6, 6.07) is 9.83. The van der Waals surface area contributed by atoms with E-state index >= 15 is 0 Å². The number of para-hydroxylation sites is 1. The maximum Gasteiger partial charge on any atom is 0.243 e. The Morgan fingerprint density at radius 3 is 2.32 bits per heavy atom. The second-order valence-electron chi connectivity index (χ2n) is 9.11. The van der Waals surface area contributed by atoms with Gasteiger partial charge in [-0.25, -0.2) is 8.42 Å². The zero-order valence-electron chi connectivity index (χ0n) is 19.5. The lowest BCUT2D eigenvalue weighted by atomic mass is 9.95. The number of carbonyl (C=O) groups is 1. The van der Waals surface area contributed by atoms with Crippen LogP contribution in [0.15, 0.2) is 35.2 Å². The highest BCUT2D eigenvalue weighted by atomic mass is 32.2. The van der Waals surface area contributed by atoms with Gasteiger partial charge < -0.3 is 5.32 Å². The molecule has 0 saturated carbocycles. The van der Waals surface area contributed by atoms with Gasteiger partial charge in [0.1, 0.15) is 0 Å². The molecule has 0 spiro atoms. The lowest BCUT2D eigenvalue weighted by Crippen LogP contribution is -2.44. The van der Waals surface area contributed by atoms with E-state index < -0.39 is 10.0 Å². The average molecular weight is 443 g/mol. The predicted octanol–water partition coefficient (Wildman–Crippen LogP) is 5.08. The van der Waals surface area contributed by atoms with Crippen LogP contribution in [0.25, 0.3) is 0 Å². The van der Waals surface area contributed by atoms with E-state index in [1.807, 2.05) is 58.0 Å². The molecule has 0 aliphatic carbocycles. The van der Waals surface area contributed by atoms with E-state index in [4.69, 9.17) is 0 Å². The second kappa shape index (κ2) is 9.13. The van der Waals surface area contributed by atoms with Crippen LogP contribution in [0.5, 0.6) is 0 Å². The van der Waals surface area contributed by atoms with Gasteiger partial charge >= 0.3 is 0 Å². The van der Waals surface area contributed by atoms with Crippen LogP contribution < -0.4 is 5.32 Å². The number of anilines is 1. The molecule has 2 aromatic rings. The number of rotatable bonds is 5. The van der Waals surface area contributed by atoms with Crippen LogP contribution in [-0.2, 0) is 14.8 Å². The summed E-state index contributed by atoms with van der Waals surface area (Å²) in [7, 11) is -3.66. The maximum atomic E-state index is 13.5. The fourth-order valence-corrected chi connectivity index (χ4v) is 6.58. The number of sulfonamides is 1. The fourth-order valence-electron chi connectivity index (χ4n) is 4.65. The Kier molecular flexibility index (Phi) is 6.92. The van der Waals surface area contributed by atoms with Gasteiger partial charge in [0.25, 0.3) is 0 Å². The third-order valence-electron chi connectivity index (χ3n) is 6.13. The summed E-state index contributed by atoms with van der Waals surface area (Å²) in [5.74, 6) is -0.187. The highest BCUT2D eigenvalue weighted by molar-refractivity contribution is 7.89. The lowest BCUT2D eigenvalue weighted by Gasteiger charge is -2.32. The van der Waals surface area contributed by atoms with Gasteiger partial charge in [0.2, 0.25) is 15.9 Å². The van der Waals surface area contributed by atoms with Crippen molar-refractivity contribution in [1.29, 1.82) is 0 Å². The van der Waals surface area contributed by atoms with Crippen LogP contribution >= 0.6 is 0 Å². The first-order valence-electron chi connectivity index (χ1n) is 11.0. The van der Waals surface area contributed by atoms with E-state index in [9.17, 15) is 13.2 Å². The average Bonchev–Trinajstić information content (AvgIpc) is 2.68. The molecular weight excluding hydrogens is 408 g/mol. The molecule has 0 aromatic heterocycles. The van der Waals surface area contributed by atoms with Crippen molar-refractivity contribution < 1.29 is 13.2 Å². The van der Waals surface area contributed by atoms with E-state index in [1.165, 1.54) is 4.31 Å². The van der Waals surface area contributed by atoms with Crippen LogP contribution in [0.4, 0.5) is 5.69 Å². The number of carbonyl (C=O) groups excluding carboxylic acids is 1. The molecule has 1 amide bonds. The van der Waals surface area contributed by atoms with E-state index in [0.717, 1.165) is 33.5 Å². The summed E-state index contributed by atoms with van der Waals surface area (Å²) in [6.45, 7) is 12.5. The third kappa shape index (κ3) is 4.85. The van der Waals surface area contributed by atoms with Crippen molar-refractivity contribution >= 4 is 21.6 Å². The molecule has 0 unspecified atom stereocenters. The minimum Gasteiger partial charge on any atom is -0.325 e. The third-order valence-corrected chi connectivity index (χ3v) is 8.30. The van der Waals surface area contributed by atoms with E-state index in [0.29, 0.717) is 24.3 Å². The molecule has 1 fully saturated rings. The first kappa shape index (κ1) is 23.5. The maximum absolute atomic E-state index is 13.5. The van der Waals surface area contributed by atoms with Gasteiger partial charge in [0.05, 0.1) is 10.8 Å². The van der Waals surface area contributed by atoms with Gasteiger partial charge in [-0.3, -0.25) is 4.79 Å². The molecule has 5 nitrogen and oxygen atoms in total. The first-order chi connectivity index (χ1) is 14.5. The number of amides is 1. The van der Waals surface area contributed by atoms with Crippen LogP contribution in [-0.4, -0.2) is 31.7 Å². The van der Waals surface area contributed by atoms with Crippen molar-refractivity contribution in [2.45, 2.75) is 65.2 Å². The fraction of sp³-hybridized carbons (Fsp3) is 0.480. The summed E-state index contributed by atoms with van der Waals surface area (Å²) < 4.78 is 28.4. The predicted molar refractivity (Wildman–Crippen MR) is 126 cm³/mol. The topological polar surface area (TPSA) is 66.5 Å². The van der Waals surface area contributed by atoms with Crippen LogP contribution in [0.3, 0.4) is 0 Å². The van der Waals surface area contributed by atoms with Gasteiger partial charge in [-0.2, -0.15) is 4.31 Å². The van der Waals surface area contributed by atoms with Crippen LogP contribution in [0.1, 0.15) is 60.4 Å². The molecular formula is C25H34N2O3S. The quantitative estimate of drug-likeness (QED) is 0.702. The van der Waals surface area contributed by atoms with Gasteiger partial charge in [-0.1, -0.05) is 49.7 Å². The van der Waals surface area contributed by atoms with E-state index in [2.05, 4.69) is 19.2 Å².